The van der Waals surface area contributed by atoms with E-state index in [4.69, 9.17) is 17.7 Å². The van der Waals surface area contributed by atoms with Crippen molar-refractivity contribution in [2.75, 3.05) is 0 Å². The number of hydrogen-bond donors (Lipinski definition) is 0. The van der Waals surface area contributed by atoms with Crippen LogP contribution in [0, 0.1) is 0 Å². The fraction of sp³-hybridized carbons (Fsp3) is 0.781. The molecule has 0 bridgehead atoms. The zero-order valence-corrected chi connectivity index (χ0v) is 34.4. The normalized spacial score (nSPS) is 15.4. The van der Waals surface area contributed by atoms with Crippen molar-refractivity contribution in [3.8, 4) is 11.5 Å². The second kappa shape index (κ2) is 11.9. The summed E-state index contributed by atoms with van der Waals surface area (Å²) >= 11 is 0. The van der Waals surface area contributed by atoms with Crippen LogP contribution in [0.4, 0.5) is 0 Å². The summed E-state index contributed by atoms with van der Waals surface area (Å²) in [5.74, 6) is 1.13. The number of carbonyl (C=O) groups is 1. The van der Waals surface area contributed by atoms with Crippen LogP contribution in [0.5, 0.6) is 11.5 Å². The lowest BCUT2D eigenvalue weighted by Crippen LogP contribution is -2.47. The van der Waals surface area contributed by atoms with Gasteiger partial charge in [-0.15, -0.1) is 0 Å². The molecule has 238 valence electrons. The lowest BCUT2D eigenvalue weighted by Gasteiger charge is -2.41. The van der Waals surface area contributed by atoms with Crippen molar-refractivity contribution in [2.45, 2.75) is 162 Å². The Labute approximate surface area is 258 Å². The molecule has 0 saturated carbocycles. The maximum atomic E-state index is 14.1. The van der Waals surface area contributed by atoms with E-state index in [1.54, 1.807) is 0 Å². The highest BCUT2D eigenvalue weighted by molar-refractivity contribution is 6.76. The summed E-state index contributed by atoms with van der Waals surface area (Å²) in [5, 5.41) is -0.160. The first-order valence-electron chi connectivity index (χ1n) is 15.2. The van der Waals surface area contributed by atoms with Gasteiger partial charge in [-0.2, -0.15) is 0 Å². The highest BCUT2D eigenvalue weighted by Crippen LogP contribution is 2.46. The van der Waals surface area contributed by atoms with Gasteiger partial charge in [-0.3, -0.25) is 4.79 Å². The lowest BCUT2D eigenvalue weighted by molar-refractivity contribution is -0.144. The Kier molecular flexibility index (Phi) is 11.1. The monoisotopic (exact) mass is 640 g/mol. The molecule has 0 heterocycles. The lowest BCUT2D eigenvalue weighted by atomic mass is 10.1. The van der Waals surface area contributed by atoms with Gasteiger partial charge in [0, 0.05) is 0 Å². The topological polar surface area (TPSA) is 54.0 Å². The molecule has 0 spiro atoms. The molecular weight excluding hydrogens is 577 g/mol. The quantitative estimate of drug-likeness (QED) is 0.251. The van der Waals surface area contributed by atoms with E-state index >= 15 is 0 Å². The Morgan fingerprint density at radius 3 is 1.29 bits per heavy atom. The zero-order valence-electron chi connectivity index (χ0n) is 30.4. The van der Waals surface area contributed by atoms with E-state index in [0.29, 0.717) is 5.75 Å². The molecule has 1 atom stereocenters. The highest BCUT2D eigenvalue weighted by atomic mass is 28.4. The molecule has 1 unspecified atom stereocenters. The van der Waals surface area contributed by atoms with Gasteiger partial charge < -0.3 is 17.7 Å². The molecule has 0 aliphatic heterocycles. The molecule has 9 heteroatoms. The summed E-state index contributed by atoms with van der Waals surface area (Å²) in [7, 11) is -9.12. The third-order valence-electron chi connectivity index (χ3n) is 10.2. The standard InChI is InChI=1S/C32H64O5Si4/c1-29(2,3)38(13,14)34-25-22-21-24(23-26(25)35-39(15,16)30(4,5)6)27(36-40(17,18)31(7,8)9)28(33)37-41(19,20)32(10,11)12/h21-23,27H,1-20H3. The Balaban J connectivity index is 3.87. The van der Waals surface area contributed by atoms with Crippen molar-refractivity contribution in [3.63, 3.8) is 0 Å². The third-order valence-corrected chi connectivity index (χ3v) is 27.7. The average molecular weight is 641 g/mol. The van der Waals surface area contributed by atoms with Crippen molar-refractivity contribution in [1.82, 2.24) is 0 Å². The fourth-order valence-electron chi connectivity index (χ4n) is 2.89. The van der Waals surface area contributed by atoms with E-state index < -0.39 is 39.4 Å². The van der Waals surface area contributed by atoms with Crippen LogP contribution < -0.4 is 8.85 Å². The molecule has 5 nitrogen and oxygen atoms in total. The first-order valence-corrected chi connectivity index (χ1v) is 26.8. The van der Waals surface area contributed by atoms with Gasteiger partial charge in [0.25, 0.3) is 25.0 Å². The first kappa shape index (κ1) is 38.1. The van der Waals surface area contributed by atoms with Crippen LogP contribution in [-0.4, -0.2) is 39.2 Å². The van der Waals surface area contributed by atoms with Crippen molar-refractivity contribution in [2.24, 2.45) is 0 Å². The molecule has 0 N–H and O–H groups in total. The molecule has 0 radical (unpaired) electrons. The van der Waals surface area contributed by atoms with Gasteiger partial charge >= 0.3 is 5.97 Å². The average Bonchev–Trinajstić information content (AvgIpc) is 2.69. The molecule has 0 aliphatic rings. The summed E-state index contributed by atoms with van der Waals surface area (Å²) in [6.07, 6.45) is -0.839. The maximum absolute atomic E-state index is 14.1. The van der Waals surface area contributed by atoms with Crippen LogP contribution in [0.15, 0.2) is 18.2 Å². The Morgan fingerprint density at radius 2 is 0.927 bits per heavy atom. The smallest absolute Gasteiger partial charge is 0.325 e. The Morgan fingerprint density at radius 1 is 0.561 bits per heavy atom. The van der Waals surface area contributed by atoms with Crippen molar-refractivity contribution in [1.29, 1.82) is 0 Å². The molecule has 1 rings (SSSR count). The number of benzene rings is 1. The van der Waals surface area contributed by atoms with Gasteiger partial charge in [-0.1, -0.05) is 89.2 Å². The third kappa shape index (κ3) is 9.30. The number of carbonyl (C=O) groups excluding carboxylic acids is 1. The van der Waals surface area contributed by atoms with Crippen LogP contribution in [0.3, 0.4) is 0 Å². The van der Waals surface area contributed by atoms with Gasteiger partial charge in [0.15, 0.2) is 14.4 Å². The SMILES string of the molecule is CC(C)(C)[Si](C)(C)OC(=O)C(O[Si](C)(C)C(C)(C)C)c1ccc(O[Si](C)(C)C(C)(C)C)c(O[Si](C)(C)C(C)(C)C)c1. The zero-order chi connectivity index (χ0) is 32.8. The van der Waals surface area contributed by atoms with E-state index in [-0.39, 0.29) is 26.1 Å². The van der Waals surface area contributed by atoms with E-state index in [1.807, 2.05) is 18.2 Å². The predicted molar refractivity (Wildman–Crippen MR) is 186 cm³/mol. The number of hydrogen-bond acceptors (Lipinski definition) is 5. The summed E-state index contributed by atoms with van der Waals surface area (Å²) in [5.41, 5.74) is 0.759. The van der Waals surface area contributed by atoms with Crippen molar-refractivity contribution >= 4 is 39.2 Å². The first-order chi connectivity index (χ1) is 17.8. The maximum Gasteiger partial charge on any atom is 0.325 e. The summed E-state index contributed by atoms with van der Waals surface area (Å²) in [4.78, 5) is 14.1. The minimum Gasteiger partial charge on any atom is -0.541 e. The predicted octanol–water partition coefficient (Wildman–Crippen LogP) is 11.1. The van der Waals surface area contributed by atoms with Crippen LogP contribution in [-0.2, 0) is 13.6 Å². The van der Waals surface area contributed by atoms with Gasteiger partial charge in [0.2, 0.25) is 0 Å². The second-order valence-electron chi connectivity index (χ2n) is 17.9. The fourth-order valence-corrected chi connectivity index (χ4v) is 7.02. The Hall–Kier alpha value is -0.882. The highest BCUT2D eigenvalue weighted by Gasteiger charge is 2.47. The van der Waals surface area contributed by atoms with Crippen molar-refractivity contribution in [3.05, 3.63) is 23.8 Å². The largest absolute Gasteiger partial charge is 0.541 e. The minimum absolute atomic E-state index is 0.00441. The summed E-state index contributed by atoms with van der Waals surface area (Å²) in [6.45, 7) is 44.0. The minimum atomic E-state index is -2.38. The molecule has 0 aliphatic carbocycles. The van der Waals surface area contributed by atoms with Crippen LogP contribution in [0.25, 0.3) is 0 Å². The molecule has 41 heavy (non-hydrogen) atoms. The summed E-state index contributed by atoms with van der Waals surface area (Å²) in [6, 6.07) is 5.96. The van der Waals surface area contributed by atoms with Crippen molar-refractivity contribution < 1.29 is 22.5 Å². The molecule has 0 fully saturated rings. The molecule has 1 aromatic carbocycles. The van der Waals surface area contributed by atoms with E-state index in [9.17, 15) is 4.79 Å². The number of rotatable bonds is 9. The molecule has 0 aromatic heterocycles. The van der Waals surface area contributed by atoms with E-state index in [1.165, 1.54) is 0 Å². The molecule has 0 amide bonds. The Bertz CT molecular complexity index is 1070. The summed E-state index contributed by atoms with van der Waals surface area (Å²) < 4.78 is 27.0. The van der Waals surface area contributed by atoms with Crippen LogP contribution in [0.1, 0.15) is 94.8 Å². The van der Waals surface area contributed by atoms with Gasteiger partial charge in [0.05, 0.1) is 0 Å². The van der Waals surface area contributed by atoms with Gasteiger partial charge in [-0.05, 0) is 90.2 Å². The van der Waals surface area contributed by atoms with Crippen LogP contribution in [0.2, 0.25) is 72.5 Å². The van der Waals surface area contributed by atoms with Gasteiger partial charge in [-0.25, -0.2) is 0 Å². The van der Waals surface area contributed by atoms with Crippen LogP contribution >= 0.6 is 0 Å². The molecule has 0 saturated heterocycles. The molecular formula is C32H64O5Si4. The van der Waals surface area contributed by atoms with E-state index in [0.717, 1.165) is 11.3 Å². The van der Waals surface area contributed by atoms with Gasteiger partial charge in [0.1, 0.15) is 11.5 Å². The second-order valence-corrected chi connectivity index (χ2v) is 36.8. The molecule has 1 aromatic rings. The van der Waals surface area contributed by atoms with E-state index in [2.05, 4.69) is 135 Å².